The number of carbonyl (C=O) groups is 1. The molecular weight excluding hydrogens is 306 g/mol. The summed E-state index contributed by atoms with van der Waals surface area (Å²) in [6.45, 7) is 5.72. The average Bonchev–Trinajstić information content (AvgIpc) is 2.52. The third-order valence-corrected chi connectivity index (χ3v) is 3.11. The Morgan fingerprint density at radius 2 is 2.00 bits per heavy atom. The van der Waals surface area contributed by atoms with Crippen LogP contribution in [-0.4, -0.2) is 29.2 Å². The largest absolute Gasteiger partial charge is 0.463 e. The van der Waals surface area contributed by atoms with Gasteiger partial charge in [-0.2, -0.15) is 13.8 Å². The number of unbranched alkanes of at least 4 members (excludes halogenated alkanes) is 1. The van der Waals surface area contributed by atoms with Crippen LogP contribution in [0, 0.1) is 6.92 Å². The molecule has 0 radical (unpaired) electrons. The van der Waals surface area contributed by atoms with E-state index in [0.717, 1.165) is 6.42 Å². The van der Waals surface area contributed by atoms with E-state index in [4.69, 9.17) is 9.47 Å². The first-order valence-corrected chi connectivity index (χ1v) is 7.60. The molecule has 1 heterocycles. The highest BCUT2D eigenvalue weighted by Gasteiger charge is 2.13. The van der Waals surface area contributed by atoms with E-state index in [2.05, 4.69) is 9.97 Å². The van der Waals surface area contributed by atoms with Gasteiger partial charge in [-0.3, -0.25) is 0 Å². The zero-order chi connectivity index (χ0) is 17.2. The maximum Gasteiger partial charge on any atom is 0.341 e. The number of carbonyl (C=O) groups excluding carboxylic acids is 1. The van der Waals surface area contributed by atoms with Crippen molar-refractivity contribution in [3.05, 3.63) is 29.1 Å². The van der Waals surface area contributed by atoms with E-state index in [1.54, 1.807) is 6.92 Å². The zero-order valence-electron chi connectivity index (χ0n) is 13.7. The monoisotopic (exact) mass is 328 g/mol. The number of hydrogen-bond donors (Lipinski definition) is 0. The van der Waals surface area contributed by atoms with Crippen LogP contribution in [0.2, 0.25) is 0 Å². The Kier molecular flexibility index (Phi) is 8.15. The Labute approximate surface area is 134 Å². The molecule has 1 rings (SSSR count). The molecule has 0 unspecified atom stereocenters. The van der Waals surface area contributed by atoms with Crippen molar-refractivity contribution in [2.75, 3.05) is 13.2 Å². The number of aryl methyl sites for hydroxylation is 1. The molecule has 0 saturated carbocycles. The van der Waals surface area contributed by atoms with Gasteiger partial charge in [0.15, 0.2) is 0 Å². The lowest BCUT2D eigenvalue weighted by Gasteiger charge is -2.08. The van der Waals surface area contributed by atoms with Crippen LogP contribution >= 0.6 is 0 Å². The van der Waals surface area contributed by atoms with Crippen LogP contribution < -0.4 is 4.74 Å². The van der Waals surface area contributed by atoms with Gasteiger partial charge in [0.25, 0.3) is 6.08 Å². The fourth-order valence-electron chi connectivity index (χ4n) is 1.74. The molecular formula is C16H22F2N2O3. The van der Waals surface area contributed by atoms with Crippen molar-refractivity contribution >= 4 is 5.97 Å². The minimum Gasteiger partial charge on any atom is -0.463 e. The summed E-state index contributed by atoms with van der Waals surface area (Å²) in [5, 5.41) is 0. The highest BCUT2D eigenvalue weighted by atomic mass is 19.3. The molecule has 7 heteroatoms. The van der Waals surface area contributed by atoms with Crippen molar-refractivity contribution in [3.8, 4) is 6.01 Å². The summed E-state index contributed by atoms with van der Waals surface area (Å²) in [5.74, 6) is -0.520. The van der Waals surface area contributed by atoms with Crippen LogP contribution in [0.1, 0.15) is 55.6 Å². The summed E-state index contributed by atoms with van der Waals surface area (Å²) in [6.07, 6.45) is 1.93. The first-order valence-electron chi connectivity index (χ1n) is 7.60. The maximum atomic E-state index is 12.2. The summed E-state index contributed by atoms with van der Waals surface area (Å²) in [4.78, 5) is 20.0. The highest BCUT2D eigenvalue weighted by molar-refractivity contribution is 5.90. The van der Waals surface area contributed by atoms with Gasteiger partial charge in [0.1, 0.15) is 0 Å². The number of rotatable bonds is 9. The summed E-state index contributed by atoms with van der Waals surface area (Å²) in [7, 11) is 0. The maximum absolute atomic E-state index is 12.2. The Morgan fingerprint density at radius 1 is 1.26 bits per heavy atom. The van der Waals surface area contributed by atoms with Crippen LogP contribution in [-0.2, 0) is 4.74 Å². The molecule has 128 valence electrons. The molecule has 0 saturated heterocycles. The predicted molar refractivity (Wildman–Crippen MR) is 81.6 cm³/mol. The van der Waals surface area contributed by atoms with Crippen molar-refractivity contribution in [1.29, 1.82) is 0 Å². The van der Waals surface area contributed by atoms with Gasteiger partial charge in [0, 0.05) is 6.20 Å². The second-order valence-electron chi connectivity index (χ2n) is 5.13. The topological polar surface area (TPSA) is 61.3 Å². The number of hydrogen-bond acceptors (Lipinski definition) is 5. The smallest absolute Gasteiger partial charge is 0.341 e. The Morgan fingerprint density at radius 3 is 2.61 bits per heavy atom. The Hall–Kier alpha value is -2.05. The van der Waals surface area contributed by atoms with Crippen molar-refractivity contribution in [3.63, 3.8) is 0 Å². The Bertz CT molecular complexity index is 558. The van der Waals surface area contributed by atoms with Gasteiger partial charge < -0.3 is 9.47 Å². The van der Waals surface area contributed by atoms with E-state index in [-0.39, 0.29) is 23.8 Å². The van der Waals surface area contributed by atoms with Crippen molar-refractivity contribution in [2.24, 2.45) is 0 Å². The summed E-state index contributed by atoms with van der Waals surface area (Å²) in [5.41, 5.74) is 0.831. The molecule has 0 N–H and O–H groups in total. The normalized spacial score (nSPS) is 10.3. The molecule has 0 atom stereocenters. The minimum absolute atomic E-state index is 0.0724. The molecule has 0 aromatic carbocycles. The first-order chi connectivity index (χ1) is 11.0. The molecule has 0 aliphatic carbocycles. The van der Waals surface area contributed by atoms with E-state index in [0.29, 0.717) is 31.6 Å². The average molecular weight is 328 g/mol. The number of aromatic nitrogens is 2. The second-order valence-corrected chi connectivity index (χ2v) is 5.13. The number of allylic oxidation sites excluding steroid dienone is 1. The highest BCUT2D eigenvalue weighted by Crippen LogP contribution is 2.14. The molecule has 0 fully saturated rings. The van der Waals surface area contributed by atoms with Gasteiger partial charge in [-0.1, -0.05) is 6.92 Å². The lowest BCUT2D eigenvalue weighted by Crippen LogP contribution is -2.11. The fraction of sp³-hybridized carbons (Fsp3) is 0.562. The van der Waals surface area contributed by atoms with Gasteiger partial charge in [-0.15, -0.1) is 0 Å². The predicted octanol–water partition coefficient (Wildman–Crippen LogP) is 4.07. The molecule has 1 aromatic rings. The molecule has 5 nitrogen and oxygen atoms in total. The van der Waals surface area contributed by atoms with E-state index in [1.165, 1.54) is 13.1 Å². The van der Waals surface area contributed by atoms with Crippen LogP contribution in [0.25, 0.3) is 0 Å². The standard InChI is InChI=1S/C16H22F2N2O3/c1-4-8-23-16-19-10-13(12(3)20-16)15(21)22-9-6-5-7-11(2)14(17)18/h10H,4-9H2,1-3H3. The zero-order valence-corrected chi connectivity index (χ0v) is 13.7. The third-order valence-electron chi connectivity index (χ3n) is 3.11. The van der Waals surface area contributed by atoms with Crippen LogP contribution in [0.15, 0.2) is 17.9 Å². The first kappa shape index (κ1) is 19.0. The minimum atomic E-state index is -1.64. The molecule has 1 aromatic heterocycles. The molecule has 0 bridgehead atoms. The fourth-order valence-corrected chi connectivity index (χ4v) is 1.74. The van der Waals surface area contributed by atoms with Crippen LogP contribution in [0.3, 0.4) is 0 Å². The summed E-state index contributed by atoms with van der Waals surface area (Å²) < 4.78 is 34.8. The number of esters is 1. The van der Waals surface area contributed by atoms with Crippen molar-refractivity contribution in [1.82, 2.24) is 9.97 Å². The van der Waals surface area contributed by atoms with E-state index < -0.39 is 12.0 Å². The van der Waals surface area contributed by atoms with E-state index in [1.807, 2.05) is 6.92 Å². The second kappa shape index (κ2) is 9.86. The van der Waals surface area contributed by atoms with E-state index >= 15 is 0 Å². The molecule has 0 aliphatic rings. The Balaban J connectivity index is 2.41. The van der Waals surface area contributed by atoms with Crippen molar-refractivity contribution in [2.45, 2.75) is 46.5 Å². The molecule has 0 amide bonds. The summed E-state index contributed by atoms with van der Waals surface area (Å²) in [6, 6.07) is 0.233. The third kappa shape index (κ3) is 6.71. The SMILES string of the molecule is CCCOc1ncc(C(=O)OCCCCC(C)=C(F)F)c(C)n1. The number of halogens is 2. The lowest BCUT2D eigenvalue weighted by molar-refractivity contribution is 0.0496. The van der Waals surface area contributed by atoms with Gasteiger partial charge in [-0.25, -0.2) is 9.78 Å². The van der Waals surface area contributed by atoms with Gasteiger partial charge in [-0.05, 0) is 45.1 Å². The molecule has 23 heavy (non-hydrogen) atoms. The van der Waals surface area contributed by atoms with Crippen LogP contribution in [0.5, 0.6) is 6.01 Å². The molecule has 0 aliphatic heterocycles. The summed E-state index contributed by atoms with van der Waals surface area (Å²) >= 11 is 0. The molecule has 0 spiro atoms. The number of ether oxygens (including phenoxy) is 2. The van der Waals surface area contributed by atoms with Gasteiger partial charge in [0.2, 0.25) is 0 Å². The van der Waals surface area contributed by atoms with Crippen LogP contribution in [0.4, 0.5) is 8.78 Å². The quantitative estimate of drug-likeness (QED) is 0.505. The van der Waals surface area contributed by atoms with Gasteiger partial charge in [0.05, 0.1) is 24.5 Å². The van der Waals surface area contributed by atoms with E-state index in [9.17, 15) is 13.6 Å². The van der Waals surface area contributed by atoms with Crippen molar-refractivity contribution < 1.29 is 23.0 Å². The van der Waals surface area contributed by atoms with Gasteiger partial charge >= 0.3 is 12.0 Å². The lowest BCUT2D eigenvalue weighted by atomic mass is 10.1. The number of nitrogens with zero attached hydrogens (tertiary/aromatic N) is 2.